The Morgan fingerprint density at radius 2 is 2.29 bits per heavy atom. The van der Waals surface area contributed by atoms with E-state index in [-0.39, 0.29) is 11.4 Å². The van der Waals surface area contributed by atoms with Crippen LogP contribution in [0.3, 0.4) is 0 Å². The maximum Gasteiger partial charge on any atom is 0.280 e. The third-order valence-electron chi connectivity index (χ3n) is 1.64. The summed E-state index contributed by atoms with van der Waals surface area (Å²) < 4.78 is 0. The molecule has 14 heavy (non-hydrogen) atoms. The number of rotatable bonds is 3. The number of hydrogen-bond donors (Lipinski definition) is 2. The summed E-state index contributed by atoms with van der Waals surface area (Å²) in [6.07, 6.45) is 3.16. The quantitative estimate of drug-likeness (QED) is 0.560. The van der Waals surface area contributed by atoms with Gasteiger partial charge in [-0.15, -0.1) is 0 Å². The Balaban J connectivity index is 3.15. The first-order chi connectivity index (χ1) is 6.65. The van der Waals surface area contributed by atoms with Crippen molar-refractivity contribution < 1.29 is 10.0 Å². The van der Waals surface area contributed by atoms with Crippen LogP contribution in [0.25, 0.3) is 6.08 Å². The summed E-state index contributed by atoms with van der Waals surface area (Å²) in [5.41, 5.74) is 5.53. The van der Waals surface area contributed by atoms with Crippen LogP contribution >= 0.6 is 0 Å². The molecule has 1 aromatic carbocycles. The highest BCUT2D eigenvalue weighted by Crippen LogP contribution is 2.24. The first-order valence-electron chi connectivity index (χ1n) is 3.99. The number of benzene rings is 1. The van der Waals surface area contributed by atoms with Gasteiger partial charge >= 0.3 is 0 Å². The van der Waals surface area contributed by atoms with Crippen LogP contribution in [0, 0.1) is 10.1 Å². The van der Waals surface area contributed by atoms with E-state index in [0.717, 1.165) is 6.07 Å². The van der Waals surface area contributed by atoms with Gasteiger partial charge in [-0.2, -0.15) is 0 Å². The lowest BCUT2D eigenvalue weighted by atomic mass is 10.1. The first-order valence-corrected chi connectivity index (χ1v) is 3.99. The molecule has 5 nitrogen and oxygen atoms in total. The minimum Gasteiger partial charge on any atom is -0.508 e. The number of phenolic OH excluding ortho intramolecular Hbond substituents is 1. The predicted octanol–water partition coefficient (Wildman–Crippen LogP) is 1.27. The van der Waals surface area contributed by atoms with E-state index in [4.69, 9.17) is 10.8 Å². The minimum atomic E-state index is -0.546. The molecule has 0 aromatic heterocycles. The summed E-state index contributed by atoms with van der Waals surface area (Å²) in [7, 11) is 0. The molecule has 5 heteroatoms. The smallest absolute Gasteiger partial charge is 0.280 e. The van der Waals surface area contributed by atoms with Gasteiger partial charge in [0.05, 0.1) is 16.6 Å². The lowest BCUT2D eigenvalue weighted by Gasteiger charge is -1.97. The lowest BCUT2D eigenvalue weighted by molar-refractivity contribution is -0.385. The number of nitro benzene ring substituents is 1. The van der Waals surface area contributed by atoms with Crippen molar-refractivity contribution in [2.75, 3.05) is 6.54 Å². The van der Waals surface area contributed by atoms with Gasteiger partial charge in [0.15, 0.2) is 0 Å². The highest BCUT2D eigenvalue weighted by molar-refractivity contribution is 5.62. The molecule has 0 bridgehead atoms. The molecule has 0 aliphatic rings. The molecule has 0 amide bonds. The second-order valence-corrected chi connectivity index (χ2v) is 2.64. The van der Waals surface area contributed by atoms with Gasteiger partial charge < -0.3 is 10.8 Å². The average Bonchev–Trinajstić information content (AvgIpc) is 2.15. The highest BCUT2D eigenvalue weighted by atomic mass is 16.6. The van der Waals surface area contributed by atoms with Crippen LogP contribution in [0.5, 0.6) is 5.75 Å². The molecule has 0 fully saturated rings. The zero-order valence-corrected chi connectivity index (χ0v) is 7.38. The Morgan fingerprint density at radius 1 is 1.57 bits per heavy atom. The molecule has 0 aliphatic heterocycles. The molecule has 0 atom stereocenters. The molecule has 0 spiro atoms. The third kappa shape index (κ3) is 2.30. The van der Waals surface area contributed by atoms with E-state index in [0.29, 0.717) is 12.1 Å². The lowest BCUT2D eigenvalue weighted by Crippen LogP contribution is -1.94. The molecule has 0 saturated heterocycles. The second-order valence-electron chi connectivity index (χ2n) is 2.64. The van der Waals surface area contributed by atoms with Crippen LogP contribution in [0.15, 0.2) is 24.3 Å². The summed E-state index contributed by atoms with van der Waals surface area (Å²) in [5, 5.41) is 19.6. The number of nitrogens with two attached hydrogens (primary N) is 1. The van der Waals surface area contributed by atoms with Crippen molar-refractivity contribution >= 4 is 11.8 Å². The Morgan fingerprint density at radius 3 is 2.86 bits per heavy atom. The van der Waals surface area contributed by atoms with Gasteiger partial charge in [0.25, 0.3) is 5.69 Å². The van der Waals surface area contributed by atoms with Crippen LogP contribution in [0.1, 0.15) is 5.56 Å². The highest BCUT2D eigenvalue weighted by Gasteiger charge is 2.11. The Hall–Kier alpha value is -1.88. The first kappa shape index (κ1) is 10.2. The number of nitro groups is 1. The molecule has 3 N–H and O–H groups in total. The summed E-state index contributed by atoms with van der Waals surface area (Å²) in [6.45, 7) is 0.317. The molecule has 1 rings (SSSR count). The van der Waals surface area contributed by atoms with Crippen molar-refractivity contribution in [1.82, 2.24) is 0 Å². The van der Waals surface area contributed by atoms with E-state index >= 15 is 0 Å². The van der Waals surface area contributed by atoms with Gasteiger partial charge in [0.2, 0.25) is 0 Å². The van der Waals surface area contributed by atoms with Crippen LogP contribution in [0.2, 0.25) is 0 Å². The summed E-state index contributed by atoms with van der Waals surface area (Å²) in [5.74, 6) is -0.124. The molecule has 0 unspecified atom stereocenters. The van der Waals surface area contributed by atoms with Gasteiger partial charge in [-0.05, 0) is 12.1 Å². The van der Waals surface area contributed by atoms with E-state index in [9.17, 15) is 10.1 Å². The van der Waals surface area contributed by atoms with E-state index in [1.165, 1.54) is 12.1 Å². The molecule has 1 aromatic rings. The molecular weight excluding hydrogens is 184 g/mol. The SMILES string of the molecule is NCC=Cc1ccc(O)cc1[N+](=O)[O-]. The predicted molar refractivity (Wildman–Crippen MR) is 52.8 cm³/mol. The van der Waals surface area contributed by atoms with Crippen LogP contribution in [-0.4, -0.2) is 16.6 Å². The zero-order valence-electron chi connectivity index (χ0n) is 7.38. The van der Waals surface area contributed by atoms with Gasteiger partial charge in [0.1, 0.15) is 5.75 Å². The van der Waals surface area contributed by atoms with E-state index in [2.05, 4.69) is 0 Å². The van der Waals surface area contributed by atoms with Crippen molar-refractivity contribution in [2.45, 2.75) is 0 Å². The normalized spacial score (nSPS) is 10.6. The largest absolute Gasteiger partial charge is 0.508 e. The van der Waals surface area contributed by atoms with Crippen molar-refractivity contribution in [1.29, 1.82) is 0 Å². The van der Waals surface area contributed by atoms with Gasteiger partial charge in [0, 0.05) is 6.54 Å². The molecule has 0 heterocycles. The van der Waals surface area contributed by atoms with Gasteiger partial charge in [-0.3, -0.25) is 10.1 Å². The molecule has 0 radical (unpaired) electrons. The average molecular weight is 194 g/mol. The number of nitrogens with zero attached hydrogens (tertiary/aromatic N) is 1. The zero-order chi connectivity index (χ0) is 10.6. The Kier molecular flexibility index (Phi) is 3.19. The fraction of sp³-hybridized carbons (Fsp3) is 0.111. The number of hydrogen-bond acceptors (Lipinski definition) is 4. The molecule has 74 valence electrons. The minimum absolute atomic E-state index is 0.124. The summed E-state index contributed by atoms with van der Waals surface area (Å²) in [4.78, 5) is 10.0. The number of aromatic hydroxyl groups is 1. The summed E-state index contributed by atoms with van der Waals surface area (Å²) >= 11 is 0. The fourth-order valence-corrected chi connectivity index (χ4v) is 1.03. The molecule has 0 saturated carbocycles. The summed E-state index contributed by atoms with van der Waals surface area (Å²) in [6, 6.07) is 3.97. The fourth-order valence-electron chi connectivity index (χ4n) is 1.03. The van der Waals surface area contributed by atoms with Crippen molar-refractivity contribution in [3.8, 4) is 5.75 Å². The number of phenols is 1. The van der Waals surface area contributed by atoms with Crippen molar-refractivity contribution in [3.05, 3.63) is 40.0 Å². The second kappa shape index (κ2) is 4.38. The van der Waals surface area contributed by atoms with Crippen LogP contribution in [0.4, 0.5) is 5.69 Å². The molecular formula is C9H10N2O3. The topological polar surface area (TPSA) is 89.4 Å². The maximum atomic E-state index is 10.6. The molecule has 0 aliphatic carbocycles. The van der Waals surface area contributed by atoms with E-state index in [1.807, 2.05) is 0 Å². The van der Waals surface area contributed by atoms with Crippen molar-refractivity contribution in [2.24, 2.45) is 5.73 Å². The van der Waals surface area contributed by atoms with E-state index < -0.39 is 4.92 Å². The van der Waals surface area contributed by atoms with Gasteiger partial charge in [-0.1, -0.05) is 12.2 Å². The maximum absolute atomic E-state index is 10.6. The van der Waals surface area contributed by atoms with Crippen LogP contribution < -0.4 is 5.73 Å². The van der Waals surface area contributed by atoms with Gasteiger partial charge in [-0.25, -0.2) is 0 Å². The Labute approximate surface area is 80.6 Å². The monoisotopic (exact) mass is 194 g/mol. The van der Waals surface area contributed by atoms with E-state index in [1.54, 1.807) is 12.2 Å². The standard InChI is InChI=1S/C9H10N2O3/c10-5-1-2-7-3-4-8(12)6-9(7)11(13)14/h1-4,6,12H,5,10H2. The third-order valence-corrected chi connectivity index (χ3v) is 1.64. The van der Waals surface area contributed by atoms with Crippen molar-refractivity contribution in [3.63, 3.8) is 0 Å². The van der Waals surface area contributed by atoms with Crippen LogP contribution in [-0.2, 0) is 0 Å². The Bertz CT molecular complexity index is 374.